The first kappa shape index (κ1) is 18.1. The van der Waals surface area contributed by atoms with E-state index in [1.807, 2.05) is 6.07 Å². The van der Waals surface area contributed by atoms with Gasteiger partial charge in [-0.1, -0.05) is 6.07 Å². The highest BCUT2D eigenvalue weighted by molar-refractivity contribution is 5.53. The minimum Gasteiger partial charge on any atom is -0.504 e. The second-order valence-corrected chi connectivity index (χ2v) is 8.96. The number of phenols is 2. The molecule has 2 saturated carbocycles. The van der Waals surface area contributed by atoms with Crippen LogP contribution in [-0.2, 0) is 10.2 Å². The van der Waals surface area contributed by atoms with Crippen molar-refractivity contribution in [3.63, 3.8) is 0 Å². The number of phenolic OH excluding ortho intramolecular Hbond substituents is 2. The lowest BCUT2D eigenvalue weighted by atomic mass is 9.55. The molecule has 26 heavy (non-hydrogen) atoms. The van der Waals surface area contributed by atoms with Crippen molar-refractivity contribution in [2.24, 2.45) is 11.8 Å². The molecule has 144 valence electrons. The van der Waals surface area contributed by atoms with E-state index in [0.29, 0.717) is 12.0 Å². The summed E-state index contributed by atoms with van der Waals surface area (Å²) in [4.78, 5) is 2.68. The summed E-state index contributed by atoms with van der Waals surface area (Å²) in [6, 6.07) is 4.07. The van der Waals surface area contributed by atoms with Crippen molar-refractivity contribution >= 4 is 0 Å². The molecule has 3 fully saturated rings. The Bertz CT molecular complexity index is 672. The fourth-order valence-electron chi connectivity index (χ4n) is 5.91. The van der Waals surface area contributed by atoms with Crippen molar-refractivity contribution in [3.05, 3.63) is 23.3 Å². The maximum atomic E-state index is 10.8. The summed E-state index contributed by atoms with van der Waals surface area (Å²) in [6.07, 6.45) is 7.18. The molecule has 2 N–H and O–H groups in total. The van der Waals surface area contributed by atoms with Crippen molar-refractivity contribution in [1.29, 1.82) is 0 Å². The number of aryl methyl sites for hydroxylation is 1. The minimum absolute atomic E-state index is 0.00586. The molecule has 3 aliphatic rings. The number of hydrogen-bond acceptors (Lipinski definition) is 4. The fraction of sp³-hybridized carbons (Fsp3) is 0.727. The standard InChI is InChI=1S/C22H33NO3/c1-14-4-9-19(24)21(25)20(14)22-10-11-23(13-16-5-6-16)15(2)18(22)8-7-17(12-22)26-3/h4,9,15-18,24-25H,5-8,10-13H2,1-3H3. The Kier molecular flexibility index (Phi) is 4.68. The van der Waals surface area contributed by atoms with Gasteiger partial charge in [0.2, 0.25) is 0 Å². The maximum absolute atomic E-state index is 10.8. The van der Waals surface area contributed by atoms with Gasteiger partial charge in [-0.2, -0.15) is 0 Å². The molecule has 0 amide bonds. The summed E-state index contributed by atoms with van der Waals surface area (Å²) in [6.45, 7) is 6.74. The Morgan fingerprint density at radius 1 is 1.19 bits per heavy atom. The molecule has 1 aromatic rings. The number of hydrogen-bond donors (Lipinski definition) is 2. The van der Waals surface area contributed by atoms with Gasteiger partial charge in [-0.15, -0.1) is 0 Å². The first-order valence-corrected chi connectivity index (χ1v) is 10.2. The van der Waals surface area contributed by atoms with Gasteiger partial charge in [-0.3, -0.25) is 0 Å². The molecule has 4 heteroatoms. The maximum Gasteiger partial charge on any atom is 0.161 e. The molecule has 0 bridgehead atoms. The lowest BCUT2D eigenvalue weighted by Crippen LogP contribution is -2.58. The molecule has 1 aromatic carbocycles. The van der Waals surface area contributed by atoms with E-state index in [4.69, 9.17) is 4.74 Å². The van der Waals surface area contributed by atoms with Crippen LogP contribution in [0, 0.1) is 18.8 Å². The Labute approximate surface area is 157 Å². The van der Waals surface area contributed by atoms with Crippen LogP contribution >= 0.6 is 0 Å². The SMILES string of the molecule is COC1CCC2C(C)N(CC3CC3)CCC2(c2c(C)ccc(O)c2O)C1. The predicted molar refractivity (Wildman–Crippen MR) is 103 cm³/mol. The van der Waals surface area contributed by atoms with Crippen LogP contribution < -0.4 is 0 Å². The summed E-state index contributed by atoms with van der Waals surface area (Å²) in [5.41, 5.74) is 1.96. The zero-order valence-corrected chi connectivity index (χ0v) is 16.4. The average Bonchev–Trinajstić information content (AvgIpc) is 3.45. The highest BCUT2D eigenvalue weighted by atomic mass is 16.5. The Hall–Kier alpha value is -1.26. The number of piperidine rings is 1. The first-order chi connectivity index (χ1) is 12.5. The molecule has 0 radical (unpaired) electrons. The minimum atomic E-state index is -0.106. The summed E-state index contributed by atoms with van der Waals surface area (Å²) in [5.74, 6) is 1.49. The molecule has 0 spiro atoms. The predicted octanol–water partition coefficient (Wildman–Crippen LogP) is 3.96. The number of nitrogens with zero attached hydrogens (tertiary/aromatic N) is 1. The van der Waals surface area contributed by atoms with Crippen LogP contribution in [0.15, 0.2) is 12.1 Å². The van der Waals surface area contributed by atoms with E-state index in [1.165, 1.54) is 19.4 Å². The van der Waals surface area contributed by atoms with E-state index in [9.17, 15) is 10.2 Å². The van der Waals surface area contributed by atoms with Crippen molar-refractivity contribution in [1.82, 2.24) is 4.90 Å². The van der Waals surface area contributed by atoms with E-state index in [1.54, 1.807) is 13.2 Å². The number of likely N-dealkylation sites (tertiary alicyclic amines) is 1. The zero-order valence-electron chi connectivity index (χ0n) is 16.4. The van der Waals surface area contributed by atoms with Gasteiger partial charge in [0.1, 0.15) is 0 Å². The Morgan fingerprint density at radius 3 is 2.65 bits per heavy atom. The summed E-state index contributed by atoms with van der Waals surface area (Å²) in [7, 11) is 1.81. The number of rotatable bonds is 4. The largest absolute Gasteiger partial charge is 0.504 e. The molecule has 4 unspecified atom stereocenters. The monoisotopic (exact) mass is 359 g/mol. The van der Waals surface area contributed by atoms with E-state index in [2.05, 4.69) is 18.7 Å². The van der Waals surface area contributed by atoms with Crippen LogP contribution in [0.3, 0.4) is 0 Å². The number of ether oxygens (including phenoxy) is 1. The number of fused-ring (bicyclic) bond motifs is 1. The van der Waals surface area contributed by atoms with Crippen LogP contribution in [0.5, 0.6) is 11.5 Å². The molecule has 0 aromatic heterocycles. The third kappa shape index (κ3) is 2.91. The lowest BCUT2D eigenvalue weighted by molar-refractivity contribution is -0.0492. The van der Waals surface area contributed by atoms with Gasteiger partial charge in [0.05, 0.1) is 6.10 Å². The third-order valence-corrected chi connectivity index (χ3v) is 7.49. The highest BCUT2D eigenvalue weighted by Gasteiger charge is 2.53. The van der Waals surface area contributed by atoms with Crippen molar-refractivity contribution < 1.29 is 14.9 Å². The quantitative estimate of drug-likeness (QED) is 0.799. The second-order valence-electron chi connectivity index (χ2n) is 8.96. The van der Waals surface area contributed by atoms with Crippen LogP contribution in [0.2, 0.25) is 0 Å². The van der Waals surface area contributed by atoms with Crippen molar-refractivity contribution in [3.8, 4) is 11.5 Å². The second kappa shape index (κ2) is 6.72. The van der Waals surface area contributed by atoms with Gasteiger partial charge in [-0.05, 0) is 82.4 Å². The summed E-state index contributed by atoms with van der Waals surface area (Å²) < 4.78 is 5.78. The lowest BCUT2D eigenvalue weighted by Gasteiger charge is -2.56. The average molecular weight is 360 g/mol. The zero-order chi connectivity index (χ0) is 18.5. The van der Waals surface area contributed by atoms with Gasteiger partial charge >= 0.3 is 0 Å². The topological polar surface area (TPSA) is 52.9 Å². The molecule has 4 nitrogen and oxygen atoms in total. The van der Waals surface area contributed by atoms with Gasteiger partial charge < -0.3 is 19.8 Å². The third-order valence-electron chi connectivity index (χ3n) is 7.49. The smallest absolute Gasteiger partial charge is 0.161 e. The number of methoxy groups -OCH3 is 1. The molecule has 1 aliphatic heterocycles. The summed E-state index contributed by atoms with van der Waals surface area (Å²) in [5, 5.41) is 21.0. The van der Waals surface area contributed by atoms with Gasteiger partial charge in [0.25, 0.3) is 0 Å². The van der Waals surface area contributed by atoms with E-state index in [-0.39, 0.29) is 23.0 Å². The van der Waals surface area contributed by atoms with E-state index in [0.717, 1.165) is 49.3 Å². The Balaban J connectivity index is 1.75. The molecule has 1 saturated heterocycles. The van der Waals surface area contributed by atoms with Crippen LogP contribution in [0.1, 0.15) is 56.6 Å². The number of benzene rings is 1. The van der Waals surface area contributed by atoms with Gasteiger partial charge in [0.15, 0.2) is 11.5 Å². The van der Waals surface area contributed by atoms with Crippen LogP contribution in [-0.4, -0.2) is 47.5 Å². The van der Waals surface area contributed by atoms with Gasteiger partial charge in [-0.25, -0.2) is 0 Å². The fourth-order valence-corrected chi connectivity index (χ4v) is 5.91. The first-order valence-electron chi connectivity index (χ1n) is 10.2. The van der Waals surface area contributed by atoms with E-state index < -0.39 is 0 Å². The highest BCUT2D eigenvalue weighted by Crippen LogP contribution is 2.56. The molecule has 4 rings (SSSR count). The van der Waals surface area contributed by atoms with Crippen LogP contribution in [0.25, 0.3) is 0 Å². The van der Waals surface area contributed by atoms with Crippen molar-refractivity contribution in [2.45, 2.75) is 69.9 Å². The van der Waals surface area contributed by atoms with E-state index >= 15 is 0 Å². The molecular formula is C22H33NO3. The number of aromatic hydroxyl groups is 2. The molecule has 1 heterocycles. The summed E-state index contributed by atoms with van der Waals surface area (Å²) >= 11 is 0. The normalized spacial score (nSPS) is 35.3. The molecular weight excluding hydrogens is 326 g/mol. The molecule has 4 atom stereocenters. The Morgan fingerprint density at radius 2 is 1.96 bits per heavy atom. The van der Waals surface area contributed by atoms with Gasteiger partial charge in [0, 0.05) is 30.7 Å². The molecule has 2 aliphatic carbocycles. The van der Waals surface area contributed by atoms with Crippen molar-refractivity contribution in [2.75, 3.05) is 20.2 Å². The van der Waals surface area contributed by atoms with Crippen LogP contribution in [0.4, 0.5) is 0 Å².